The zero-order valence-electron chi connectivity index (χ0n) is 8.97. The molecule has 84 valence electrons. The number of aryl methyl sites for hydroxylation is 1. The number of nitrogens with zero attached hydrogens (tertiary/aromatic N) is 4. The molecule has 0 bridgehead atoms. The molecule has 0 amide bonds. The molecule has 2 aromatic rings. The van der Waals surface area contributed by atoms with Crippen molar-refractivity contribution in [3.05, 3.63) is 23.1 Å². The van der Waals surface area contributed by atoms with Gasteiger partial charge in [-0.1, -0.05) is 23.1 Å². The topological polar surface area (TPSA) is 63.6 Å². The van der Waals surface area contributed by atoms with Gasteiger partial charge < -0.3 is 5.32 Å². The third kappa shape index (κ3) is 2.89. The summed E-state index contributed by atoms with van der Waals surface area (Å²) in [6.07, 6.45) is 3.49. The van der Waals surface area contributed by atoms with E-state index in [1.54, 1.807) is 35.5 Å². The van der Waals surface area contributed by atoms with Gasteiger partial charge in [0, 0.05) is 12.8 Å². The number of rotatable bonds is 4. The third-order valence-corrected chi connectivity index (χ3v) is 3.82. The van der Waals surface area contributed by atoms with Gasteiger partial charge in [-0.05, 0) is 6.92 Å². The Morgan fingerprint density at radius 3 is 2.75 bits per heavy atom. The van der Waals surface area contributed by atoms with E-state index in [0.29, 0.717) is 0 Å². The first-order chi connectivity index (χ1) is 7.78. The Morgan fingerprint density at radius 2 is 2.19 bits per heavy atom. The molecule has 7 heteroatoms. The van der Waals surface area contributed by atoms with Crippen molar-refractivity contribution in [1.29, 1.82) is 0 Å². The van der Waals surface area contributed by atoms with Gasteiger partial charge in [-0.3, -0.25) is 4.98 Å². The average molecular weight is 253 g/mol. The molecule has 0 saturated carbocycles. The van der Waals surface area contributed by atoms with Gasteiger partial charge in [0.25, 0.3) is 0 Å². The summed E-state index contributed by atoms with van der Waals surface area (Å²) in [5.74, 6) is 1.55. The van der Waals surface area contributed by atoms with Crippen molar-refractivity contribution < 1.29 is 0 Å². The minimum Gasteiger partial charge on any atom is -0.372 e. The second kappa shape index (κ2) is 5.22. The Balaban J connectivity index is 1.94. The van der Waals surface area contributed by atoms with Gasteiger partial charge in [0.2, 0.25) is 0 Å². The summed E-state index contributed by atoms with van der Waals surface area (Å²) < 4.78 is 0.969. The van der Waals surface area contributed by atoms with Crippen LogP contribution in [0, 0.1) is 6.92 Å². The van der Waals surface area contributed by atoms with Crippen molar-refractivity contribution in [1.82, 2.24) is 20.2 Å². The summed E-state index contributed by atoms with van der Waals surface area (Å²) in [6, 6.07) is 0. The highest BCUT2D eigenvalue weighted by Gasteiger charge is 2.03. The van der Waals surface area contributed by atoms with E-state index in [0.717, 1.165) is 26.6 Å². The minimum absolute atomic E-state index is 0.769. The summed E-state index contributed by atoms with van der Waals surface area (Å²) in [6.45, 7) is 1.95. The highest BCUT2D eigenvalue weighted by Crippen LogP contribution is 2.24. The Bertz CT molecular complexity index is 453. The maximum Gasteiger partial charge on any atom is 0.174 e. The standard InChI is InChI=1S/C9H11N5S2/c1-6-13-14-9(16-6)15-5-7-3-12-8(10-2)4-11-7/h3-4H,5H2,1-2H3,(H,10,12). The molecular weight excluding hydrogens is 242 g/mol. The van der Waals surface area contributed by atoms with Gasteiger partial charge in [-0.15, -0.1) is 10.2 Å². The van der Waals surface area contributed by atoms with Crippen LogP contribution >= 0.6 is 23.1 Å². The van der Waals surface area contributed by atoms with Crippen molar-refractivity contribution in [3.8, 4) is 0 Å². The minimum atomic E-state index is 0.769. The fourth-order valence-corrected chi connectivity index (χ4v) is 2.74. The Kier molecular flexibility index (Phi) is 3.68. The molecule has 1 N–H and O–H groups in total. The van der Waals surface area contributed by atoms with E-state index in [4.69, 9.17) is 0 Å². The van der Waals surface area contributed by atoms with Crippen molar-refractivity contribution in [3.63, 3.8) is 0 Å². The van der Waals surface area contributed by atoms with Crippen molar-refractivity contribution in [2.24, 2.45) is 0 Å². The molecule has 0 aliphatic carbocycles. The van der Waals surface area contributed by atoms with Crippen LogP contribution in [-0.2, 0) is 5.75 Å². The summed E-state index contributed by atoms with van der Waals surface area (Å²) in [7, 11) is 1.82. The number of aromatic nitrogens is 4. The maximum absolute atomic E-state index is 4.28. The average Bonchev–Trinajstić information content (AvgIpc) is 2.73. The van der Waals surface area contributed by atoms with Gasteiger partial charge in [0.05, 0.1) is 18.1 Å². The summed E-state index contributed by atoms with van der Waals surface area (Å²) in [4.78, 5) is 8.48. The molecule has 0 atom stereocenters. The van der Waals surface area contributed by atoms with Crippen LogP contribution in [0.1, 0.15) is 10.7 Å². The van der Waals surface area contributed by atoms with Gasteiger partial charge >= 0.3 is 0 Å². The summed E-state index contributed by atoms with van der Waals surface area (Å²) >= 11 is 3.22. The molecule has 2 rings (SSSR count). The van der Waals surface area contributed by atoms with Gasteiger partial charge in [-0.2, -0.15) is 0 Å². The third-order valence-electron chi connectivity index (χ3n) is 1.81. The molecule has 5 nitrogen and oxygen atoms in total. The van der Waals surface area contributed by atoms with Crippen LogP contribution in [0.15, 0.2) is 16.7 Å². The molecule has 0 fully saturated rings. The van der Waals surface area contributed by atoms with Gasteiger partial charge in [-0.25, -0.2) is 4.98 Å². The van der Waals surface area contributed by atoms with Crippen LogP contribution in [0.25, 0.3) is 0 Å². The van der Waals surface area contributed by atoms with Crippen molar-refractivity contribution in [2.45, 2.75) is 17.0 Å². The fourth-order valence-electron chi connectivity index (χ4n) is 1.03. The first-order valence-electron chi connectivity index (χ1n) is 4.69. The molecule has 0 saturated heterocycles. The SMILES string of the molecule is CNc1cnc(CSc2nnc(C)s2)cn1. The highest BCUT2D eigenvalue weighted by molar-refractivity contribution is 8.00. The lowest BCUT2D eigenvalue weighted by Crippen LogP contribution is -1.95. The van der Waals surface area contributed by atoms with Gasteiger partial charge in [0.15, 0.2) is 4.34 Å². The predicted octanol–water partition coefficient (Wildman–Crippen LogP) is 1.97. The largest absolute Gasteiger partial charge is 0.372 e. The second-order valence-corrected chi connectivity index (χ2v) is 5.42. The smallest absolute Gasteiger partial charge is 0.174 e. The molecule has 0 unspecified atom stereocenters. The number of thioether (sulfide) groups is 1. The van der Waals surface area contributed by atoms with E-state index in [2.05, 4.69) is 25.5 Å². The zero-order valence-corrected chi connectivity index (χ0v) is 10.6. The van der Waals surface area contributed by atoms with Crippen LogP contribution in [-0.4, -0.2) is 27.2 Å². The fraction of sp³-hybridized carbons (Fsp3) is 0.333. The number of hydrogen-bond acceptors (Lipinski definition) is 7. The molecule has 0 spiro atoms. The van der Waals surface area contributed by atoms with Crippen molar-refractivity contribution >= 4 is 28.9 Å². The molecule has 0 aliphatic heterocycles. The van der Waals surface area contributed by atoms with Crippen LogP contribution in [0.3, 0.4) is 0 Å². The monoisotopic (exact) mass is 253 g/mol. The molecule has 2 aromatic heterocycles. The Hall–Kier alpha value is -1.21. The first kappa shape index (κ1) is 11.3. The Labute approximate surface area is 102 Å². The normalized spacial score (nSPS) is 10.4. The van der Waals surface area contributed by atoms with E-state index in [-0.39, 0.29) is 0 Å². The van der Waals surface area contributed by atoms with E-state index < -0.39 is 0 Å². The predicted molar refractivity (Wildman–Crippen MR) is 65.8 cm³/mol. The summed E-state index contributed by atoms with van der Waals surface area (Å²) in [5, 5.41) is 11.9. The van der Waals surface area contributed by atoms with Crippen LogP contribution < -0.4 is 5.32 Å². The van der Waals surface area contributed by atoms with Gasteiger partial charge in [0.1, 0.15) is 10.8 Å². The van der Waals surface area contributed by atoms with Crippen LogP contribution in [0.5, 0.6) is 0 Å². The van der Waals surface area contributed by atoms with E-state index in [9.17, 15) is 0 Å². The van der Waals surface area contributed by atoms with Crippen LogP contribution in [0.2, 0.25) is 0 Å². The lowest BCUT2D eigenvalue weighted by molar-refractivity contribution is 0.982. The number of nitrogens with one attached hydrogen (secondary N) is 1. The highest BCUT2D eigenvalue weighted by atomic mass is 32.2. The van der Waals surface area contributed by atoms with Crippen LogP contribution in [0.4, 0.5) is 5.82 Å². The summed E-state index contributed by atoms with van der Waals surface area (Å²) in [5.41, 5.74) is 0.942. The van der Waals surface area contributed by atoms with E-state index in [1.807, 2.05) is 14.0 Å². The molecule has 2 heterocycles. The molecule has 16 heavy (non-hydrogen) atoms. The van der Waals surface area contributed by atoms with E-state index in [1.165, 1.54) is 0 Å². The molecular formula is C9H11N5S2. The number of anilines is 1. The first-order valence-corrected chi connectivity index (χ1v) is 6.49. The molecule has 0 aromatic carbocycles. The lowest BCUT2D eigenvalue weighted by atomic mass is 10.5. The lowest BCUT2D eigenvalue weighted by Gasteiger charge is -2.00. The molecule has 0 radical (unpaired) electrons. The van der Waals surface area contributed by atoms with Crippen molar-refractivity contribution in [2.75, 3.05) is 12.4 Å². The maximum atomic E-state index is 4.28. The quantitative estimate of drug-likeness (QED) is 0.840. The Morgan fingerprint density at radius 1 is 1.31 bits per heavy atom. The second-order valence-electron chi connectivity index (χ2n) is 3.02. The number of hydrogen-bond donors (Lipinski definition) is 1. The van der Waals surface area contributed by atoms with E-state index >= 15 is 0 Å². The molecule has 0 aliphatic rings. The zero-order chi connectivity index (χ0) is 11.4.